The average molecular weight is 280 g/mol. The van der Waals surface area contributed by atoms with Crippen molar-refractivity contribution in [2.24, 2.45) is 0 Å². The molecule has 0 bridgehead atoms. The van der Waals surface area contributed by atoms with Gasteiger partial charge in [-0.15, -0.1) is 0 Å². The van der Waals surface area contributed by atoms with E-state index in [0.29, 0.717) is 0 Å². The quantitative estimate of drug-likeness (QED) is 0.314. The van der Waals surface area contributed by atoms with Gasteiger partial charge in [0.2, 0.25) is 0 Å². The second kappa shape index (κ2) is 3.98. The summed E-state index contributed by atoms with van der Waals surface area (Å²) in [6.07, 6.45) is 0. The minimum atomic E-state index is 1.34. The average Bonchev–Trinajstić information content (AvgIpc) is 2.88. The lowest BCUT2D eigenvalue weighted by molar-refractivity contribution is 1.50. The fourth-order valence-corrected chi connectivity index (χ4v) is 4.07. The van der Waals surface area contributed by atoms with Crippen molar-refractivity contribution in [2.45, 2.75) is 13.8 Å². The Kier molecular flexibility index (Phi) is 2.17. The predicted molar refractivity (Wildman–Crippen MR) is 95.4 cm³/mol. The summed E-state index contributed by atoms with van der Waals surface area (Å²) < 4.78 is 0. The topological polar surface area (TPSA) is 0 Å². The Morgan fingerprint density at radius 2 is 1.41 bits per heavy atom. The molecule has 0 nitrogen and oxygen atoms in total. The summed E-state index contributed by atoms with van der Waals surface area (Å²) in [4.78, 5) is 0. The monoisotopic (exact) mass is 280 g/mol. The largest absolute Gasteiger partial charge is 0.0616 e. The van der Waals surface area contributed by atoms with Crippen molar-refractivity contribution in [2.75, 3.05) is 0 Å². The van der Waals surface area contributed by atoms with Gasteiger partial charge >= 0.3 is 0 Å². The molecule has 0 fully saturated rings. The van der Waals surface area contributed by atoms with Gasteiger partial charge in [-0.3, -0.25) is 0 Å². The van der Waals surface area contributed by atoms with E-state index in [9.17, 15) is 0 Å². The summed E-state index contributed by atoms with van der Waals surface area (Å²) in [5, 5.41) is 5.51. The molecule has 104 valence electrons. The van der Waals surface area contributed by atoms with Crippen LogP contribution in [0.5, 0.6) is 0 Å². The highest BCUT2D eigenvalue weighted by molar-refractivity contribution is 6.22. The Bertz CT molecular complexity index is 1080. The molecular weight excluding hydrogens is 264 g/mol. The van der Waals surface area contributed by atoms with Crippen LogP contribution in [0.1, 0.15) is 11.1 Å². The molecule has 0 saturated carbocycles. The summed E-state index contributed by atoms with van der Waals surface area (Å²) in [5.74, 6) is 0. The normalized spacial score (nSPS) is 12.1. The van der Waals surface area contributed by atoms with E-state index < -0.39 is 0 Å². The highest BCUT2D eigenvalue weighted by Gasteiger charge is 2.25. The molecule has 4 aromatic carbocycles. The van der Waals surface area contributed by atoms with E-state index in [1.165, 1.54) is 54.9 Å². The Morgan fingerprint density at radius 1 is 0.591 bits per heavy atom. The van der Waals surface area contributed by atoms with E-state index in [1.807, 2.05) is 0 Å². The lowest BCUT2D eigenvalue weighted by atomic mass is 9.92. The van der Waals surface area contributed by atoms with Crippen LogP contribution in [0, 0.1) is 13.8 Å². The van der Waals surface area contributed by atoms with Gasteiger partial charge in [-0.25, -0.2) is 0 Å². The van der Waals surface area contributed by atoms with Crippen LogP contribution < -0.4 is 0 Å². The second-order valence-electron chi connectivity index (χ2n) is 6.32. The highest BCUT2D eigenvalue weighted by atomic mass is 14.3. The van der Waals surface area contributed by atoms with E-state index in [0.717, 1.165) is 0 Å². The molecule has 22 heavy (non-hydrogen) atoms. The number of benzene rings is 4. The first-order chi connectivity index (χ1) is 10.8. The molecular formula is C22H16. The molecule has 0 N–H and O–H groups in total. The summed E-state index contributed by atoms with van der Waals surface area (Å²) >= 11 is 0. The van der Waals surface area contributed by atoms with E-state index in [-0.39, 0.29) is 0 Å². The Morgan fingerprint density at radius 3 is 2.27 bits per heavy atom. The van der Waals surface area contributed by atoms with Gasteiger partial charge in [0.25, 0.3) is 0 Å². The SMILES string of the molecule is Cc1ccc2cccc3c2c1-c1c-3cc(C)c2ccccc12. The molecule has 0 heteroatoms. The van der Waals surface area contributed by atoms with Gasteiger partial charge in [0.15, 0.2) is 0 Å². The summed E-state index contributed by atoms with van der Waals surface area (Å²) in [6, 6.07) is 22.3. The molecule has 0 heterocycles. The minimum Gasteiger partial charge on any atom is -0.0616 e. The molecule has 0 unspecified atom stereocenters. The van der Waals surface area contributed by atoms with Gasteiger partial charge in [0, 0.05) is 0 Å². The number of hydrogen-bond donors (Lipinski definition) is 0. The van der Waals surface area contributed by atoms with Crippen molar-refractivity contribution in [3.05, 3.63) is 71.8 Å². The van der Waals surface area contributed by atoms with Crippen LogP contribution in [-0.4, -0.2) is 0 Å². The molecule has 1 aliphatic rings. The van der Waals surface area contributed by atoms with E-state index in [1.54, 1.807) is 0 Å². The van der Waals surface area contributed by atoms with Gasteiger partial charge in [-0.1, -0.05) is 60.7 Å². The zero-order valence-corrected chi connectivity index (χ0v) is 12.8. The van der Waals surface area contributed by atoms with E-state index in [4.69, 9.17) is 0 Å². The maximum Gasteiger partial charge on any atom is -0.00173 e. The van der Waals surface area contributed by atoms with Crippen molar-refractivity contribution in [1.29, 1.82) is 0 Å². The zero-order valence-electron chi connectivity index (χ0n) is 12.8. The standard InChI is InChI=1S/C22H16/c1-13-10-11-15-6-5-9-18-19-12-14(2)16-7-3-4-8-17(16)22(19)20(13)21(15)18/h3-12H,1-2H3. The van der Waals surface area contributed by atoms with Gasteiger partial charge in [0.05, 0.1) is 0 Å². The molecule has 1 aliphatic carbocycles. The lowest BCUT2D eigenvalue weighted by Crippen LogP contribution is -1.86. The highest BCUT2D eigenvalue weighted by Crippen LogP contribution is 2.51. The first-order valence-corrected chi connectivity index (χ1v) is 7.81. The number of aryl methyl sites for hydroxylation is 2. The predicted octanol–water partition coefficient (Wildman–Crippen LogP) is 6.26. The first-order valence-electron chi connectivity index (χ1n) is 7.81. The molecule has 5 rings (SSSR count). The van der Waals surface area contributed by atoms with Gasteiger partial charge < -0.3 is 0 Å². The van der Waals surface area contributed by atoms with Crippen molar-refractivity contribution in [1.82, 2.24) is 0 Å². The van der Waals surface area contributed by atoms with Crippen molar-refractivity contribution >= 4 is 21.5 Å². The Labute approximate surface area is 130 Å². The van der Waals surface area contributed by atoms with Gasteiger partial charge in [0.1, 0.15) is 0 Å². The van der Waals surface area contributed by atoms with Crippen molar-refractivity contribution < 1.29 is 0 Å². The van der Waals surface area contributed by atoms with Crippen LogP contribution in [0.25, 0.3) is 43.8 Å². The van der Waals surface area contributed by atoms with Crippen molar-refractivity contribution in [3.63, 3.8) is 0 Å². The second-order valence-corrected chi connectivity index (χ2v) is 6.32. The smallest absolute Gasteiger partial charge is 0.00173 e. The molecule has 0 amide bonds. The van der Waals surface area contributed by atoms with Crippen LogP contribution in [0.15, 0.2) is 60.7 Å². The maximum atomic E-state index is 2.37. The number of rotatable bonds is 0. The fraction of sp³-hybridized carbons (Fsp3) is 0.0909. The molecule has 4 aromatic rings. The maximum absolute atomic E-state index is 2.37. The molecule has 0 saturated heterocycles. The molecule has 0 aromatic heterocycles. The molecule has 0 radical (unpaired) electrons. The van der Waals surface area contributed by atoms with Crippen LogP contribution in [-0.2, 0) is 0 Å². The molecule has 0 spiro atoms. The summed E-state index contributed by atoms with van der Waals surface area (Å²) in [6.45, 7) is 4.45. The Hall–Kier alpha value is -2.60. The molecule has 0 atom stereocenters. The fourth-order valence-electron chi connectivity index (χ4n) is 4.07. The minimum absolute atomic E-state index is 1.34. The van der Waals surface area contributed by atoms with Crippen LogP contribution in [0.4, 0.5) is 0 Å². The van der Waals surface area contributed by atoms with Gasteiger partial charge in [-0.2, -0.15) is 0 Å². The zero-order chi connectivity index (χ0) is 14.8. The van der Waals surface area contributed by atoms with Gasteiger partial charge in [-0.05, 0) is 68.8 Å². The lowest BCUT2D eigenvalue weighted by Gasteiger charge is -2.11. The van der Waals surface area contributed by atoms with Crippen LogP contribution in [0.2, 0.25) is 0 Å². The van der Waals surface area contributed by atoms with Crippen LogP contribution >= 0.6 is 0 Å². The number of fused-ring (bicyclic) bond motifs is 5. The third kappa shape index (κ3) is 1.33. The number of hydrogen-bond acceptors (Lipinski definition) is 0. The van der Waals surface area contributed by atoms with Crippen LogP contribution in [0.3, 0.4) is 0 Å². The van der Waals surface area contributed by atoms with E-state index in [2.05, 4.69) is 74.5 Å². The summed E-state index contributed by atoms with van der Waals surface area (Å²) in [7, 11) is 0. The third-order valence-electron chi connectivity index (χ3n) is 5.05. The Balaban J connectivity index is 2.11. The third-order valence-corrected chi connectivity index (χ3v) is 5.05. The summed E-state index contributed by atoms with van der Waals surface area (Å²) in [5.41, 5.74) is 8.36. The molecule has 0 aliphatic heterocycles. The van der Waals surface area contributed by atoms with Crippen molar-refractivity contribution in [3.8, 4) is 22.3 Å². The van der Waals surface area contributed by atoms with E-state index >= 15 is 0 Å². The first kappa shape index (κ1) is 12.0.